The first kappa shape index (κ1) is 36.9. The maximum atomic E-state index is 4.23. The van der Waals surface area contributed by atoms with Gasteiger partial charge >= 0.3 is 0 Å². The smallest absolute Gasteiger partial charge is 0.0273 e. The van der Waals surface area contributed by atoms with E-state index < -0.39 is 0 Å². The lowest BCUT2D eigenvalue weighted by Gasteiger charge is -2.21. The summed E-state index contributed by atoms with van der Waals surface area (Å²) >= 11 is 0. The number of fused-ring (bicyclic) bond motifs is 2. The van der Waals surface area contributed by atoms with Crippen molar-refractivity contribution in [2.75, 3.05) is 0 Å². The van der Waals surface area contributed by atoms with Gasteiger partial charge in [-0.15, -0.1) is 0 Å². The quantitative estimate of drug-likeness (QED) is 0.140. The van der Waals surface area contributed by atoms with Crippen LogP contribution in [0.3, 0.4) is 0 Å². The standard InChI is InChI=1S/C61H41N/c1-5-15-42(16-6-1)50-35-51(43-17-7-2-8-18-43)38-54(37-50)60-56-23-13-14-24-57(56)61(55-39-52(44-19-9-3-10-20-44)36-53(40-55)45-21-11-4-12-22-45)59-41-49(29-30-58(59)60)47-27-25-46(26-28-47)48-31-33-62-34-32-48/h1-41H. The van der Waals surface area contributed by atoms with Gasteiger partial charge < -0.3 is 0 Å². The number of hydrogen-bond acceptors (Lipinski definition) is 1. The summed E-state index contributed by atoms with van der Waals surface area (Å²) in [6.07, 6.45) is 3.70. The Labute approximate surface area is 362 Å². The molecule has 1 nitrogen and oxygen atoms in total. The van der Waals surface area contributed by atoms with Gasteiger partial charge in [0.15, 0.2) is 0 Å². The number of nitrogens with zero attached hydrogens (tertiary/aromatic N) is 1. The predicted molar refractivity (Wildman–Crippen MR) is 263 cm³/mol. The Balaban J connectivity index is 1.22. The minimum absolute atomic E-state index is 1.16. The SMILES string of the molecule is c1ccc(-c2cc(-c3ccccc3)cc(-c3c4ccccc4c(-c4cc(-c5ccccc5)cc(-c5ccccc5)c4)c4cc(-c5ccc(-c6ccncc6)cc5)ccc34)c2)cc1. The van der Waals surface area contributed by atoms with Crippen LogP contribution in [0, 0.1) is 0 Å². The zero-order valence-electron chi connectivity index (χ0n) is 34.1. The maximum absolute atomic E-state index is 4.23. The average Bonchev–Trinajstić information content (AvgIpc) is 3.36. The van der Waals surface area contributed by atoms with Crippen molar-refractivity contribution >= 4 is 21.5 Å². The molecule has 0 saturated carbocycles. The van der Waals surface area contributed by atoms with Gasteiger partial charge in [-0.1, -0.05) is 182 Å². The highest BCUT2D eigenvalue weighted by atomic mass is 14.6. The molecule has 0 spiro atoms. The Morgan fingerprint density at radius 2 is 0.468 bits per heavy atom. The van der Waals surface area contributed by atoms with Crippen LogP contribution in [0.1, 0.15) is 0 Å². The van der Waals surface area contributed by atoms with Crippen LogP contribution >= 0.6 is 0 Å². The first-order valence-electron chi connectivity index (χ1n) is 21.3. The zero-order valence-corrected chi connectivity index (χ0v) is 34.1. The van der Waals surface area contributed by atoms with E-state index in [1.165, 1.54) is 105 Å². The average molecular weight is 788 g/mol. The number of pyridine rings is 1. The number of rotatable bonds is 8. The van der Waals surface area contributed by atoms with E-state index in [1.54, 1.807) is 0 Å². The molecule has 1 aromatic heterocycles. The second-order valence-electron chi connectivity index (χ2n) is 15.9. The molecule has 0 atom stereocenters. The van der Waals surface area contributed by atoms with E-state index in [9.17, 15) is 0 Å². The van der Waals surface area contributed by atoms with Crippen molar-refractivity contribution < 1.29 is 0 Å². The summed E-state index contributed by atoms with van der Waals surface area (Å²) < 4.78 is 0. The molecule has 0 saturated heterocycles. The molecule has 290 valence electrons. The highest BCUT2D eigenvalue weighted by molar-refractivity contribution is 6.22. The molecule has 11 rings (SSSR count). The van der Waals surface area contributed by atoms with Gasteiger partial charge in [0.05, 0.1) is 0 Å². The molecule has 62 heavy (non-hydrogen) atoms. The molecule has 0 aliphatic heterocycles. The molecule has 0 aliphatic carbocycles. The molecule has 10 aromatic carbocycles. The highest BCUT2D eigenvalue weighted by Crippen LogP contribution is 2.47. The van der Waals surface area contributed by atoms with Crippen molar-refractivity contribution in [3.05, 3.63) is 249 Å². The first-order valence-corrected chi connectivity index (χ1v) is 21.3. The zero-order chi connectivity index (χ0) is 41.2. The fourth-order valence-electron chi connectivity index (χ4n) is 9.11. The van der Waals surface area contributed by atoms with Gasteiger partial charge in [0, 0.05) is 12.4 Å². The minimum Gasteiger partial charge on any atom is -0.265 e. The van der Waals surface area contributed by atoms with Crippen molar-refractivity contribution in [1.29, 1.82) is 0 Å². The second-order valence-corrected chi connectivity index (χ2v) is 15.9. The Morgan fingerprint density at radius 1 is 0.177 bits per heavy atom. The fraction of sp³-hybridized carbons (Fsp3) is 0. The van der Waals surface area contributed by atoms with E-state index in [4.69, 9.17) is 0 Å². The van der Waals surface area contributed by atoms with Crippen LogP contribution in [-0.2, 0) is 0 Å². The van der Waals surface area contributed by atoms with Crippen LogP contribution in [0.5, 0.6) is 0 Å². The number of benzene rings is 10. The third kappa shape index (κ3) is 7.06. The topological polar surface area (TPSA) is 12.9 Å². The molecule has 0 fully saturated rings. The van der Waals surface area contributed by atoms with Crippen molar-refractivity contribution in [2.24, 2.45) is 0 Å². The van der Waals surface area contributed by atoms with Gasteiger partial charge in [-0.25, -0.2) is 0 Å². The first-order chi connectivity index (χ1) is 30.7. The minimum atomic E-state index is 1.16. The lowest BCUT2D eigenvalue weighted by molar-refractivity contribution is 1.33. The summed E-state index contributed by atoms with van der Waals surface area (Å²) in [6, 6.07) is 86.5. The van der Waals surface area contributed by atoms with E-state index in [1.807, 2.05) is 12.4 Å². The number of hydrogen-bond donors (Lipinski definition) is 0. The van der Waals surface area contributed by atoms with E-state index >= 15 is 0 Å². The lowest BCUT2D eigenvalue weighted by atomic mass is 9.82. The van der Waals surface area contributed by atoms with Crippen LogP contribution in [-0.4, -0.2) is 4.98 Å². The molecule has 1 heterocycles. The van der Waals surface area contributed by atoms with Crippen molar-refractivity contribution in [2.45, 2.75) is 0 Å². The predicted octanol–water partition coefficient (Wildman–Crippen LogP) is 16.7. The van der Waals surface area contributed by atoms with E-state index in [2.05, 4.69) is 242 Å². The van der Waals surface area contributed by atoms with Crippen LogP contribution in [0.4, 0.5) is 0 Å². The normalized spacial score (nSPS) is 11.2. The molecule has 0 radical (unpaired) electrons. The van der Waals surface area contributed by atoms with E-state index in [0.717, 1.165) is 5.56 Å². The Morgan fingerprint density at radius 3 is 0.887 bits per heavy atom. The molecule has 11 aromatic rings. The Kier molecular flexibility index (Phi) is 9.61. The molecular weight excluding hydrogens is 747 g/mol. The largest absolute Gasteiger partial charge is 0.265 e. The van der Waals surface area contributed by atoms with Crippen LogP contribution < -0.4 is 0 Å². The Bertz CT molecular complexity index is 3220. The monoisotopic (exact) mass is 787 g/mol. The van der Waals surface area contributed by atoms with Crippen LogP contribution in [0.15, 0.2) is 249 Å². The van der Waals surface area contributed by atoms with Crippen LogP contribution in [0.2, 0.25) is 0 Å². The van der Waals surface area contributed by atoms with Gasteiger partial charge in [-0.2, -0.15) is 0 Å². The summed E-state index contributed by atoms with van der Waals surface area (Å²) in [4.78, 5) is 4.23. The van der Waals surface area contributed by atoms with Gasteiger partial charge in [0.2, 0.25) is 0 Å². The molecule has 0 N–H and O–H groups in total. The molecule has 0 bridgehead atoms. The molecule has 0 aliphatic rings. The maximum Gasteiger partial charge on any atom is 0.0273 e. The van der Waals surface area contributed by atoms with E-state index in [-0.39, 0.29) is 0 Å². The second kappa shape index (κ2) is 16.1. The van der Waals surface area contributed by atoms with Crippen molar-refractivity contribution in [1.82, 2.24) is 4.98 Å². The van der Waals surface area contributed by atoms with Crippen molar-refractivity contribution in [3.63, 3.8) is 0 Å². The lowest BCUT2D eigenvalue weighted by Crippen LogP contribution is -1.94. The molecule has 0 unspecified atom stereocenters. The third-order valence-electron chi connectivity index (χ3n) is 12.1. The number of aromatic nitrogens is 1. The highest BCUT2D eigenvalue weighted by Gasteiger charge is 2.20. The molecule has 0 amide bonds. The van der Waals surface area contributed by atoms with Gasteiger partial charge in [-0.05, 0) is 165 Å². The summed E-state index contributed by atoms with van der Waals surface area (Å²) in [7, 11) is 0. The summed E-state index contributed by atoms with van der Waals surface area (Å²) in [5.74, 6) is 0. The van der Waals surface area contributed by atoms with Crippen LogP contribution in [0.25, 0.3) is 111 Å². The van der Waals surface area contributed by atoms with Gasteiger partial charge in [0.1, 0.15) is 0 Å². The summed E-state index contributed by atoms with van der Waals surface area (Å²) in [6.45, 7) is 0. The molecular formula is C61H41N. The van der Waals surface area contributed by atoms with Gasteiger partial charge in [0.25, 0.3) is 0 Å². The van der Waals surface area contributed by atoms with Crippen molar-refractivity contribution in [3.8, 4) is 89.0 Å². The fourth-order valence-corrected chi connectivity index (χ4v) is 9.11. The van der Waals surface area contributed by atoms with Gasteiger partial charge in [-0.3, -0.25) is 4.98 Å². The summed E-state index contributed by atoms with van der Waals surface area (Å²) in [5, 5.41) is 4.87. The summed E-state index contributed by atoms with van der Waals surface area (Å²) in [5.41, 5.74) is 19.0. The third-order valence-corrected chi connectivity index (χ3v) is 12.1. The molecule has 1 heteroatoms. The van der Waals surface area contributed by atoms with E-state index in [0.29, 0.717) is 0 Å². The Hall–Kier alpha value is -8.13.